The summed E-state index contributed by atoms with van der Waals surface area (Å²) in [6, 6.07) is 14.6. The van der Waals surface area contributed by atoms with E-state index in [4.69, 9.17) is 0 Å². The minimum atomic E-state index is 0.843. The summed E-state index contributed by atoms with van der Waals surface area (Å²) in [7, 11) is 1.92. The fraction of sp³-hybridized carbons (Fsp3) is 0.188. The van der Waals surface area contributed by atoms with Crippen molar-refractivity contribution in [3.05, 3.63) is 59.4 Å². The van der Waals surface area contributed by atoms with E-state index in [2.05, 4.69) is 52.5 Å². The monoisotopic (exact) mass is 251 g/mol. The highest BCUT2D eigenvalue weighted by Crippen LogP contribution is 2.19. The molecular weight excluding hydrogens is 234 g/mol. The lowest BCUT2D eigenvalue weighted by Gasteiger charge is -2.02. The molecule has 0 aliphatic carbocycles. The molecule has 19 heavy (non-hydrogen) atoms. The number of nitrogens with zero attached hydrogens (tertiary/aromatic N) is 1. The maximum absolute atomic E-state index is 4.64. The van der Waals surface area contributed by atoms with E-state index in [0.717, 1.165) is 29.0 Å². The molecule has 3 nitrogen and oxygen atoms in total. The Hall–Kier alpha value is -2.29. The zero-order valence-electron chi connectivity index (χ0n) is 11.2. The zero-order valence-corrected chi connectivity index (χ0v) is 11.2. The van der Waals surface area contributed by atoms with Crippen molar-refractivity contribution in [2.45, 2.75) is 13.3 Å². The van der Waals surface area contributed by atoms with Crippen molar-refractivity contribution in [3.63, 3.8) is 0 Å². The number of H-pyrrole nitrogens is 1. The molecule has 2 aromatic carbocycles. The molecule has 3 aromatic rings. The van der Waals surface area contributed by atoms with Crippen LogP contribution in [0.5, 0.6) is 0 Å². The van der Waals surface area contributed by atoms with E-state index in [1.165, 1.54) is 11.1 Å². The topological polar surface area (TPSA) is 40.7 Å². The smallest absolute Gasteiger partial charge is 0.111 e. The number of hydrogen-bond donors (Lipinski definition) is 2. The van der Waals surface area contributed by atoms with E-state index in [1.54, 1.807) is 0 Å². The summed E-state index contributed by atoms with van der Waals surface area (Å²) in [5.74, 6) is 1.01. The third-order valence-electron chi connectivity index (χ3n) is 3.44. The van der Waals surface area contributed by atoms with Crippen LogP contribution in [0.2, 0.25) is 0 Å². The second-order valence-corrected chi connectivity index (χ2v) is 4.77. The van der Waals surface area contributed by atoms with Crippen LogP contribution in [0.25, 0.3) is 11.0 Å². The fourth-order valence-corrected chi connectivity index (χ4v) is 2.29. The van der Waals surface area contributed by atoms with Crippen LogP contribution in [0.15, 0.2) is 42.5 Å². The van der Waals surface area contributed by atoms with Gasteiger partial charge in [0.25, 0.3) is 0 Å². The third kappa shape index (κ3) is 2.32. The molecule has 1 heterocycles. The van der Waals surface area contributed by atoms with Crippen molar-refractivity contribution in [1.29, 1.82) is 0 Å². The standard InChI is InChI=1S/C16H17N3/c1-11-5-3-4-6-12(11)9-16-18-14-8-7-13(17-2)10-15(14)19-16/h3-8,10,17H,9H2,1-2H3,(H,18,19). The van der Waals surface area contributed by atoms with Crippen LogP contribution in [0.1, 0.15) is 17.0 Å². The van der Waals surface area contributed by atoms with Gasteiger partial charge in [0.1, 0.15) is 5.82 Å². The molecule has 0 unspecified atom stereocenters. The van der Waals surface area contributed by atoms with Crippen molar-refractivity contribution in [1.82, 2.24) is 9.97 Å². The number of hydrogen-bond acceptors (Lipinski definition) is 2. The Balaban J connectivity index is 1.95. The lowest BCUT2D eigenvalue weighted by molar-refractivity contribution is 1.03. The number of aryl methyl sites for hydroxylation is 1. The first-order chi connectivity index (χ1) is 9.26. The highest BCUT2D eigenvalue weighted by Gasteiger charge is 2.05. The van der Waals surface area contributed by atoms with Gasteiger partial charge in [-0.25, -0.2) is 4.98 Å². The summed E-state index contributed by atoms with van der Waals surface area (Å²) in [5, 5.41) is 3.14. The fourth-order valence-electron chi connectivity index (χ4n) is 2.29. The lowest BCUT2D eigenvalue weighted by Crippen LogP contribution is -1.93. The van der Waals surface area contributed by atoms with Gasteiger partial charge in [-0.05, 0) is 36.2 Å². The molecule has 0 saturated heterocycles. The molecule has 0 atom stereocenters. The summed E-state index contributed by atoms with van der Waals surface area (Å²) in [4.78, 5) is 8.04. The third-order valence-corrected chi connectivity index (χ3v) is 3.44. The van der Waals surface area contributed by atoms with E-state index < -0.39 is 0 Å². The first-order valence-corrected chi connectivity index (χ1v) is 6.47. The van der Waals surface area contributed by atoms with E-state index in [0.29, 0.717) is 0 Å². The lowest BCUT2D eigenvalue weighted by atomic mass is 10.1. The van der Waals surface area contributed by atoms with Crippen LogP contribution in [-0.2, 0) is 6.42 Å². The Morgan fingerprint density at radius 2 is 2.00 bits per heavy atom. The van der Waals surface area contributed by atoms with Crippen LogP contribution in [-0.4, -0.2) is 17.0 Å². The highest BCUT2D eigenvalue weighted by atomic mass is 14.9. The molecule has 3 heteroatoms. The Bertz CT molecular complexity index is 713. The van der Waals surface area contributed by atoms with Gasteiger partial charge in [-0.1, -0.05) is 24.3 Å². The van der Waals surface area contributed by atoms with Crippen LogP contribution in [0, 0.1) is 6.92 Å². The van der Waals surface area contributed by atoms with Gasteiger partial charge in [0.15, 0.2) is 0 Å². The maximum Gasteiger partial charge on any atom is 0.111 e. The largest absolute Gasteiger partial charge is 0.388 e. The van der Waals surface area contributed by atoms with Crippen LogP contribution < -0.4 is 5.32 Å². The normalized spacial score (nSPS) is 10.8. The second kappa shape index (κ2) is 4.76. The molecule has 0 amide bonds. The van der Waals surface area contributed by atoms with Crippen molar-refractivity contribution in [3.8, 4) is 0 Å². The van der Waals surface area contributed by atoms with Gasteiger partial charge in [0, 0.05) is 19.2 Å². The first-order valence-electron chi connectivity index (χ1n) is 6.47. The van der Waals surface area contributed by atoms with Crippen molar-refractivity contribution in [2.75, 3.05) is 12.4 Å². The van der Waals surface area contributed by atoms with Gasteiger partial charge in [-0.3, -0.25) is 0 Å². The number of anilines is 1. The minimum Gasteiger partial charge on any atom is -0.388 e. The molecule has 0 spiro atoms. The van der Waals surface area contributed by atoms with Gasteiger partial charge < -0.3 is 10.3 Å². The second-order valence-electron chi connectivity index (χ2n) is 4.77. The predicted octanol–water partition coefficient (Wildman–Crippen LogP) is 3.50. The van der Waals surface area contributed by atoms with Crippen LogP contribution >= 0.6 is 0 Å². The van der Waals surface area contributed by atoms with Crippen molar-refractivity contribution < 1.29 is 0 Å². The summed E-state index contributed by atoms with van der Waals surface area (Å²) in [5.41, 5.74) is 5.81. The van der Waals surface area contributed by atoms with Gasteiger partial charge in [0.05, 0.1) is 11.0 Å². The molecule has 0 fully saturated rings. The van der Waals surface area contributed by atoms with Crippen LogP contribution in [0.3, 0.4) is 0 Å². The van der Waals surface area contributed by atoms with E-state index in [9.17, 15) is 0 Å². The molecule has 0 saturated carbocycles. The number of imidazole rings is 1. The Morgan fingerprint density at radius 3 is 2.79 bits per heavy atom. The highest BCUT2D eigenvalue weighted by molar-refractivity contribution is 5.79. The number of nitrogens with one attached hydrogen (secondary N) is 2. The average Bonchev–Trinajstić information content (AvgIpc) is 2.82. The summed E-state index contributed by atoms with van der Waals surface area (Å²) >= 11 is 0. The zero-order chi connectivity index (χ0) is 13.2. The van der Waals surface area contributed by atoms with E-state index >= 15 is 0 Å². The Kier molecular flexibility index (Phi) is 2.95. The number of aromatic nitrogens is 2. The molecule has 1 aromatic heterocycles. The quantitative estimate of drug-likeness (QED) is 0.748. The van der Waals surface area contributed by atoms with Gasteiger partial charge in [-0.15, -0.1) is 0 Å². The Morgan fingerprint density at radius 1 is 1.16 bits per heavy atom. The molecule has 2 N–H and O–H groups in total. The molecule has 96 valence electrons. The molecule has 0 aliphatic rings. The predicted molar refractivity (Wildman–Crippen MR) is 79.6 cm³/mol. The summed E-state index contributed by atoms with van der Waals surface area (Å²) < 4.78 is 0. The average molecular weight is 251 g/mol. The SMILES string of the molecule is CNc1ccc2nc(Cc3ccccc3C)[nH]c2c1. The van der Waals surface area contributed by atoms with Crippen molar-refractivity contribution in [2.24, 2.45) is 0 Å². The molecule has 0 radical (unpaired) electrons. The van der Waals surface area contributed by atoms with Gasteiger partial charge in [-0.2, -0.15) is 0 Å². The number of rotatable bonds is 3. The minimum absolute atomic E-state index is 0.843. The number of benzene rings is 2. The number of aromatic amines is 1. The van der Waals surface area contributed by atoms with Gasteiger partial charge >= 0.3 is 0 Å². The van der Waals surface area contributed by atoms with E-state index in [-0.39, 0.29) is 0 Å². The van der Waals surface area contributed by atoms with E-state index in [1.807, 2.05) is 19.2 Å². The molecular formula is C16H17N3. The number of fused-ring (bicyclic) bond motifs is 1. The molecule has 0 bridgehead atoms. The first kappa shape index (κ1) is 11.8. The Labute approximate surface area is 112 Å². The summed E-state index contributed by atoms with van der Waals surface area (Å²) in [6.07, 6.45) is 0.843. The molecule has 0 aliphatic heterocycles. The molecule has 3 rings (SSSR count). The maximum atomic E-state index is 4.64. The van der Waals surface area contributed by atoms with Crippen molar-refractivity contribution >= 4 is 16.7 Å². The van der Waals surface area contributed by atoms with Gasteiger partial charge in [0.2, 0.25) is 0 Å². The van der Waals surface area contributed by atoms with Crippen LogP contribution in [0.4, 0.5) is 5.69 Å². The summed E-state index contributed by atoms with van der Waals surface area (Å²) in [6.45, 7) is 2.14.